The third-order valence-corrected chi connectivity index (χ3v) is 8.08. The number of anilines is 1. The molecule has 0 aliphatic rings. The Bertz CT molecular complexity index is 1370. The number of carbonyl (C=O) groups is 2. The smallest absolute Gasteiger partial charge is 0.244 e. The van der Waals surface area contributed by atoms with Crippen molar-refractivity contribution in [1.82, 2.24) is 10.2 Å². The second-order valence-corrected chi connectivity index (χ2v) is 12.1. The number of hydrogen-bond donors (Lipinski definition) is 1. The molecular weight excluding hydrogens is 557 g/mol. The normalized spacial score (nSPS) is 12.8. The van der Waals surface area contributed by atoms with Gasteiger partial charge in [0.1, 0.15) is 12.6 Å². The second-order valence-electron chi connectivity index (χ2n) is 9.39. The lowest BCUT2D eigenvalue weighted by Gasteiger charge is -2.34. The van der Waals surface area contributed by atoms with Crippen molar-refractivity contribution in [2.24, 2.45) is 0 Å². The summed E-state index contributed by atoms with van der Waals surface area (Å²) in [5.41, 5.74) is 1.78. The highest BCUT2D eigenvalue weighted by molar-refractivity contribution is 7.92. The molecule has 3 aromatic rings. The summed E-state index contributed by atoms with van der Waals surface area (Å²) >= 11 is 12.6. The van der Waals surface area contributed by atoms with Gasteiger partial charge in [0.25, 0.3) is 0 Å². The first kappa shape index (κ1) is 30.5. The molecule has 0 spiro atoms. The molecule has 1 N–H and O–H groups in total. The topological polar surface area (TPSA) is 86.8 Å². The molecule has 39 heavy (non-hydrogen) atoms. The highest BCUT2D eigenvalue weighted by Crippen LogP contribution is 2.25. The van der Waals surface area contributed by atoms with Gasteiger partial charge in [-0.1, -0.05) is 84.7 Å². The molecule has 208 valence electrons. The Morgan fingerprint density at radius 1 is 0.949 bits per heavy atom. The van der Waals surface area contributed by atoms with Crippen LogP contribution in [0.2, 0.25) is 10.0 Å². The lowest BCUT2D eigenvalue weighted by atomic mass is 10.0. The van der Waals surface area contributed by atoms with Gasteiger partial charge in [-0.05, 0) is 48.7 Å². The fourth-order valence-corrected chi connectivity index (χ4v) is 5.35. The number of hydrogen-bond acceptors (Lipinski definition) is 4. The van der Waals surface area contributed by atoms with Gasteiger partial charge in [0.2, 0.25) is 21.8 Å². The predicted molar refractivity (Wildman–Crippen MR) is 157 cm³/mol. The Labute approximate surface area is 240 Å². The van der Waals surface area contributed by atoms with Gasteiger partial charge in [0.15, 0.2) is 0 Å². The standard InChI is InChI=1S/C29H33Cl2N3O4S/c1-4-21(2)32-29(36)27(17-22-11-7-5-8-12-22)33(19-23-15-16-24(30)18-26(23)31)28(35)20-34(39(3,37)38)25-13-9-6-10-14-25/h5-16,18,21,27H,4,17,19-20H2,1-3H3,(H,32,36)/t21-,27-/m1/s1. The summed E-state index contributed by atoms with van der Waals surface area (Å²) in [6.07, 6.45) is 1.98. The van der Waals surface area contributed by atoms with Gasteiger partial charge in [-0.25, -0.2) is 8.42 Å². The number of halogens is 2. The van der Waals surface area contributed by atoms with Crippen LogP contribution in [0.4, 0.5) is 5.69 Å². The summed E-state index contributed by atoms with van der Waals surface area (Å²) in [7, 11) is -3.82. The Morgan fingerprint density at radius 3 is 2.13 bits per heavy atom. The molecule has 0 unspecified atom stereocenters. The maximum atomic E-state index is 14.0. The van der Waals surface area contributed by atoms with E-state index >= 15 is 0 Å². The Hall–Kier alpha value is -3.07. The van der Waals surface area contributed by atoms with E-state index < -0.39 is 28.5 Å². The van der Waals surface area contributed by atoms with Crippen molar-refractivity contribution in [2.75, 3.05) is 17.1 Å². The van der Waals surface area contributed by atoms with Crippen LogP contribution < -0.4 is 9.62 Å². The Morgan fingerprint density at radius 2 is 1.56 bits per heavy atom. The summed E-state index contributed by atoms with van der Waals surface area (Å²) in [6, 6.07) is 21.6. The number of nitrogens with zero attached hydrogens (tertiary/aromatic N) is 2. The van der Waals surface area contributed by atoms with Crippen LogP contribution in [0.3, 0.4) is 0 Å². The van der Waals surface area contributed by atoms with E-state index in [1.807, 2.05) is 44.2 Å². The molecule has 0 fully saturated rings. The van der Waals surface area contributed by atoms with E-state index in [4.69, 9.17) is 23.2 Å². The predicted octanol–water partition coefficient (Wildman–Crippen LogP) is 5.31. The van der Waals surface area contributed by atoms with Crippen molar-refractivity contribution in [3.05, 3.63) is 100 Å². The molecule has 10 heteroatoms. The van der Waals surface area contributed by atoms with Crippen molar-refractivity contribution in [3.8, 4) is 0 Å². The number of amides is 2. The fourth-order valence-electron chi connectivity index (χ4n) is 4.04. The van der Waals surface area contributed by atoms with Crippen LogP contribution in [0.25, 0.3) is 0 Å². The third kappa shape index (κ3) is 8.71. The lowest BCUT2D eigenvalue weighted by molar-refractivity contribution is -0.140. The number of nitrogens with one attached hydrogen (secondary N) is 1. The molecule has 3 rings (SSSR count). The molecule has 0 aliphatic carbocycles. The van der Waals surface area contributed by atoms with E-state index in [2.05, 4.69) is 5.32 Å². The molecule has 7 nitrogen and oxygen atoms in total. The first-order valence-corrected chi connectivity index (χ1v) is 15.2. The van der Waals surface area contributed by atoms with Crippen LogP contribution in [0.5, 0.6) is 0 Å². The number of benzene rings is 3. The minimum atomic E-state index is -3.82. The van der Waals surface area contributed by atoms with E-state index in [9.17, 15) is 18.0 Å². The maximum Gasteiger partial charge on any atom is 0.244 e. The quantitative estimate of drug-likeness (QED) is 0.310. The summed E-state index contributed by atoms with van der Waals surface area (Å²) in [5.74, 6) is -0.882. The minimum Gasteiger partial charge on any atom is -0.352 e. The van der Waals surface area contributed by atoms with Crippen LogP contribution in [-0.2, 0) is 32.6 Å². The van der Waals surface area contributed by atoms with Crippen molar-refractivity contribution < 1.29 is 18.0 Å². The average Bonchev–Trinajstić information content (AvgIpc) is 2.90. The van der Waals surface area contributed by atoms with Crippen LogP contribution in [-0.4, -0.2) is 50.0 Å². The molecule has 0 aromatic heterocycles. The first-order chi connectivity index (χ1) is 18.5. The van der Waals surface area contributed by atoms with E-state index in [0.29, 0.717) is 27.7 Å². The van der Waals surface area contributed by atoms with Crippen LogP contribution in [0, 0.1) is 0 Å². The fraction of sp³-hybridized carbons (Fsp3) is 0.310. The minimum absolute atomic E-state index is 0.0212. The van der Waals surface area contributed by atoms with E-state index in [-0.39, 0.29) is 24.9 Å². The van der Waals surface area contributed by atoms with Gasteiger partial charge >= 0.3 is 0 Å². The lowest BCUT2D eigenvalue weighted by Crippen LogP contribution is -2.54. The van der Waals surface area contributed by atoms with E-state index in [1.54, 1.807) is 48.5 Å². The summed E-state index contributed by atoms with van der Waals surface area (Å²) in [4.78, 5) is 29.1. The molecule has 0 aliphatic heterocycles. The Kier molecular flexibility index (Phi) is 10.8. The third-order valence-electron chi connectivity index (χ3n) is 6.35. The van der Waals surface area contributed by atoms with Crippen molar-refractivity contribution in [2.45, 2.75) is 45.3 Å². The molecule has 0 saturated heterocycles. The zero-order valence-electron chi connectivity index (χ0n) is 22.2. The van der Waals surface area contributed by atoms with Crippen LogP contribution in [0.1, 0.15) is 31.4 Å². The zero-order valence-corrected chi connectivity index (χ0v) is 24.5. The monoisotopic (exact) mass is 589 g/mol. The van der Waals surface area contributed by atoms with E-state index in [0.717, 1.165) is 16.1 Å². The molecular formula is C29H33Cl2N3O4S. The van der Waals surface area contributed by atoms with Gasteiger partial charge in [0.05, 0.1) is 11.9 Å². The van der Waals surface area contributed by atoms with Crippen molar-refractivity contribution in [3.63, 3.8) is 0 Å². The maximum absolute atomic E-state index is 14.0. The molecule has 3 aromatic carbocycles. The number of para-hydroxylation sites is 1. The summed E-state index contributed by atoms with van der Waals surface area (Å²) < 4.78 is 26.6. The number of sulfonamides is 1. The largest absolute Gasteiger partial charge is 0.352 e. The zero-order chi connectivity index (χ0) is 28.6. The molecule has 2 atom stereocenters. The van der Waals surface area contributed by atoms with E-state index in [1.165, 1.54) is 4.90 Å². The van der Waals surface area contributed by atoms with Gasteiger partial charge < -0.3 is 10.2 Å². The molecule has 0 heterocycles. The van der Waals surface area contributed by atoms with Gasteiger partial charge in [-0.2, -0.15) is 0 Å². The van der Waals surface area contributed by atoms with Crippen molar-refractivity contribution in [1.29, 1.82) is 0 Å². The molecule has 0 radical (unpaired) electrons. The number of rotatable bonds is 12. The first-order valence-electron chi connectivity index (χ1n) is 12.6. The molecule has 2 amide bonds. The summed E-state index contributed by atoms with van der Waals surface area (Å²) in [6.45, 7) is 3.33. The highest BCUT2D eigenvalue weighted by Gasteiger charge is 2.33. The van der Waals surface area contributed by atoms with Gasteiger partial charge in [0, 0.05) is 29.1 Å². The van der Waals surface area contributed by atoms with Crippen LogP contribution >= 0.6 is 23.2 Å². The van der Waals surface area contributed by atoms with Crippen LogP contribution in [0.15, 0.2) is 78.9 Å². The van der Waals surface area contributed by atoms with Gasteiger partial charge in [-0.3, -0.25) is 13.9 Å². The highest BCUT2D eigenvalue weighted by atomic mass is 35.5. The molecule has 0 saturated carbocycles. The SMILES string of the molecule is CC[C@@H](C)NC(=O)[C@@H](Cc1ccccc1)N(Cc1ccc(Cl)cc1Cl)C(=O)CN(c1ccccc1)S(C)(=O)=O. The summed E-state index contributed by atoms with van der Waals surface area (Å²) in [5, 5.41) is 3.76. The number of carbonyl (C=O) groups excluding carboxylic acids is 2. The average molecular weight is 591 g/mol. The molecule has 0 bridgehead atoms. The van der Waals surface area contributed by atoms with Crippen molar-refractivity contribution >= 4 is 50.7 Å². The second kappa shape index (κ2) is 13.8. The Balaban J connectivity index is 2.07. The van der Waals surface area contributed by atoms with Gasteiger partial charge in [-0.15, -0.1) is 0 Å².